The highest BCUT2D eigenvalue weighted by atomic mass is 16.6. The molecule has 0 bridgehead atoms. The van der Waals surface area contributed by atoms with E-state index in [1.54, 1.807) is 0 Å². The molecule has 5 heteroatoms. The summed E-state index contributed by atoms with van der Waals surface area (Å²) in [6, 6.07) is 0. The molecule has 1 saturated heterocycles. The predicted octanol–water partition coefficient (Wildman–Crippen LogP) is 0.872. The van der Waals surface area contributed by atoms with E-state index in [2.05, 4.69) is 10.6 Å². The third-order valence-corrected chi connectivity index (χ3v) is 3.05. The summed E-state index contributed by atoms with van der Waals surface area (Å²) in [6.07, 6.45) is -0.0279. The smallest absolute Gasteiger partial charge is 0.407 e. The molecule has 1 rings (SSSR count). The van der Waals surface area contributed by atoms with Crippen molar-refractivity contribution in [2.45, 2.75) is 45.8 Å². The van der Waals surface area contributed by atoms with Gasteiger partial charge in [-0.15, -0.1) is 0 Å². The van der Waals surface area contributed by atoms with Crippen LogP contribution in [0.25, 0.3) is 0 Å². The van der Waals surface area contributed by atoms with Gasteiger partial charge in [0.05, 0.1) is 6.10 Å². The summed E-state index contributed by atoms with van der Waals surface area (Å²) in [5.74, 6) is 0. The number of rotatable bonds is 2. The Hall–Kier alpha value is -0.810. The van der Waals surface area contributed by atoms with Crippen molar-refractivity contribution in [3.05, 3.63) is 0 Å². The van der Waals surface area contributed by atoms with Gasteiger partial charge in [-0.1, -0.05) is 6.92 Å². The van der Waals surface area contributed by atoms with Crippen molar-refractivity contribution >= 4 is 6.09 Å². The van der Waals surface area contributed by atoms with Crippen molar-refractivity contribution in [2.75, 3.05) is 19.6 Å². The molecule has 0 radical (unpaired) electrons. The van der Waals surface area contributed by atoms with Gasteiger partial charge in [-0.2, -0.15) is 0 Å². The molecule has 0 aliphatic carbocycles. The van der Waals surface area contributed by atoms with E-state index in [9.17, 15) is 9.90 Å². The number of hydrogen-bond acceptors (Lipinski definition) is 4. The van der Waals surface area contributed by atoms with Crippen LogP contribution in [-0.2, 0) is 4.74 Å². The van der Waals surface area contributed by atoms with Gasteiger partial charge in [0, 0.05) is 18.5 Å². The number of hydrogen-bond donors (Lipinski definition) is 3. The van der Waals surface area contributed by atoms with Crippen molar-refractivity contribution in [1.82, 2.24) is 10.6 Å². The number of amides is 1. The van der Waals surface area contributed by atoms with Gasteiger partial charge in [0.25, 0.3) is 0 Å². The number of piperidine rings is 1. The lowest BCUT2D eigenvalue weighted by molar-refractivity contribution is 0.00702. The van der Waals surface area contributed by atoms with Gasteiger partial charge in [-0.3, -0.25) is 0 Å². The standard InChI is InChI=1S/C12H24N2O3/c1-11(2,3)17-10(16)14-8-12(4)5-6-13-7-9(12)15/h9,13,15H,5-8H2,1-4H3,(H,14,16)/t9-,12-/m0/s1. The molecular formula is C12H24N2O3. The van der Waals surface area contributed by atoms with E-state index in [0.717, 1.165) is 13.0 Å². The van der Waals surface area contributed by atoms with Crippen LogP contribution < -0.4 is 10.6 Å². The molecular weight excluding hydrogens is 220 g/mol. The minimum absolute atomic E-state index is 0.276. The van der Waals surface area contributed by atoms with E-state index in [-0.39, 0.29) is 5.41 Å². The minimum atomic E-state index is -0.488. The maximum absolute atomic E-state index is 11.5. The number of alkyl carbamates (subject to hydrolysis) is 1. The SMILES string of the molecule is CC(C)(C)OC(=O)NC[C@]1(C)CCNC[C@@H]1O. The van der Waals surface area contributed by atoms with Gasteiger partial charge in [-0.25, -0.2) is 4.79 Å². The molecule has 1 amide bonds. The fourth-order valence-electron chi connectivity index (χ4n) is 1.82. The molecule has 0 saturated carbocycles. The third kappa shape index (κ3) is 4.52. The van der Waals surface area contributed by atoms with Gasteiger partial charge in [0.2, 0.25) is 0 Å². The maximum atomic E-state index is 11.5. The number of aliphatic hydroxyl groups is 1. The Labute approximate surface area is 103 Å². The topological polar surface area (TPSA) is 70.6 Å². The van der Waals surface area contributed by atoms with Crippen molar-refractivity contribution < 1.29 is 14.6 Å². The zero-order valence-corrected chi connectivity index (χ0v) is 11.2. The van der Waals surface area contributed by atoms with Gasteiger partial charge >= 0.3 is 6.09 Å². The first kappa shape index (κ1) is 14.3. The summed E-state index contributed by atoms with van der Waals surface area (Å²) in [7, 11) is 0. The zero-order chi connectivity index (χ0) is 13.1. The van der Waals surface area contributed by atoms with Crippen LogP contribution in [0.4, 0.5) is 4.79 Å². The van der Waals surface area contributed by atoms with Crippen LogP contribution in [0.2, 0.25) is 0 Å². The molecule has 0 aromatic carbocycles. The lowest BCUT2D eigenvalue weighted by atomic mass is 9.78. The number of aliphatic hydroxyl groups excluding tert-OH is 1. The number of ether oxygens (including phenoxy) is 1. The molecule has 1 aliphatic rings. The average molecular weight is 244 g/mol. The van der Waals surface area contributed by atoms with Crippen LogP contribution in [0.3, 0.4) is 0 Å². The largest absolute Gasteiger partial charge is 0.444 e. The molecule has 0 unspecified atom stereocenters. The number of carbonyl (C=O) groups is 1. The number of carbonyl (C=O) groups excluding carboxylic acids is 1. The monoisotopic (exact) mass is 244 g/mol. The Morgan fingerprint density at radius 1 is 1.59 bits per heavy atom. The lowest BCUT2D eigenvalue weighted by Gasteiger charge is -2.38. The van der Waals surface area contributed by atoms with E-state index in [1.165, 1.54) is 0 Å². The normalized spacial score (nSPS) is 29.8. The van der Waals surface area contributed by atoms with Crippen LogP contribution in [0.1, 0.15) is 34.1 Å². The van der Waals surface area contributed by atoms with Crippen LogP contribution in [-0.4, -0.2) is 42.5 Å². The Kier molecular flexibility index (Phi) is 4.38. The molecule has 3 N–H and O–H groups in total. The molecule has 1 heterocycles. The van der Waals surface area contributed by atoms with Crippen LogP contribution in [0.15, 0.2) is 0 Å². The van der Waals surface area contributed by atoms with Gasteiger partial charge in [0.15, 0.2) is 0 Å². The average Bonchev–Trinajstić information content (AvgIpc) is 2.18. The fraction of sp³-hybridized carbons (Fsp3) is 0.917. The van der Waals surface area contributed by atoms with Crippen LogP contribution >= 0.6 is 0 Å². The van der Waals surface area contributed by atoms with Crippen LogP contribution in [0, 0.1) is 5.41 Å². The summed E-state index contributed by atoms with van der Waals surface area (Å²) in [4.78, 5) is 11.5. The highest BCUT2D eigenvalue weighted by Crippen LogP contribution is 2.27. The molecule has 100 valence electrons. The van der Waals surface area contributed by atoms with Crippen molar-refractivity contribution in [1.29, 1.82) is 0 Å². The molecule has 17 heavy (non-hydrogen) atoms. The summed E-state index contributed by atoms with van der Waals surface area (Å²) < 4.78 is 5.16. The first-order valence-electron chi connectivity index (χ1n) is 6.09. The number of nitrogens with one attached hydrogen (secondary N) is 2. The molecule has 1 aliphatic heterocycles. The Bertz CT molecular complexity index is 275. The van der Waals surface area contributed by atoms with Crippen molar-refractivity contribution in [2.24, 2.45) is 5.41 Å². The molecule has 5 nitrogen and oxygen atoms in total. The summed E-state index contributed by atoms with van der Waals surface area (Å²) in [5, 5.41) is 15.8. The van der Waals surface area contributed by atoms with E-state index < -0.39 is 17.8 Å². The Balaban J connectivity index is 2.41. The number of β-amino-alcohol motifs (C(OH)–C–C–N with tert-alkyl or cyclic N) is 1. The lowest BCUT2D eigenvalue weighted by Crippen LogP contribution is -2.53. The third-order valence-electron chi connectivity index (χ3n) is 3.05. The van der Waals surface area contributed by atoms with E-state index >= 15 is 0 Å². The predicted molar refractivity (Wildman–Crippen MR) is 65.8 cm³/mol. The van der Waals surface area contributed by atoms with E-state index in [0.29, 0.717) is 13.1 Å². The first-order chi connectivity index (χ1) is 7.73. The minimum Gasteiger partial charge on any atom is -0.444 e. The van der Waals surface area contributed by atoms with Gasteiger partial charge in [-0.05, 0) is 33.7 Å². The summed E-state index contributed by atoms with van der Waals surface area (Å²) in [5.41, 5.74) is -0.764. The summed E-state index contributed by atoms with van der Waals surface area (Å²) >= 11 is 0. The second kappa shape index (κ2) is 5.23. The fourth-order valence-corrected chi connectivity index (χ4v) is 1.82. The maximum Gasteiger partial charge on any atom is 0.407 e. The zero-order valence-electron chi connectivity index (χ0n) is 11.2. The highest BCUT2D eigenvalue weighted by Gasteiger charge is 2.35. The molecule has 1 fully saturated rings. The van der Waals surface area contributed by atoms with Crippen LogP contribution in [0.5, 0.6) is 0 Å². The molecule has 0 spiro atoms. The van der Waals surface area contributed by atoms with Gasteiger partial charge < -0.3 is 20.5 Å². The molecule has 2 atom stereocenters. The second-order valence-corrected chi connectivity index (χ2v) is 5.98. The Morgan fingerprint density at radius 3 is 2.76 bits per heavy atom. The summed E-state index contributed by atoms with van der Waals surface area (Å²) in [6.45, 7) is 9.34. The quantitative estimate of drug-likeness (QED) is 0.674. The highest BCUT2D eigenvalue weighted by molar-refractivity contribution is 5.67. The molecule has 0 aromatic heterocycles. The Morgan fingerprint density at radius 2 is 2.24 bits per heavy atom. The van der Waals surface area contributed by atoms with Gasteiger partial charge in [0.1, 0.15) is 5.60 Å². The van der Waals surface area contributed by atoms with E-state index in [4.69, 9.17) is 4.74 Å². The molecule has 0 aromatic rings. The first-order valence-corrected chi connectivity index (χ1v) is 6.09. The van der Waals surface area contributed by atoms with E-state index in [1.807, 2.05) is 27.7 Å². The van der Waals surface area contributed by atoms with Crippen molar-refractivity contribution in [3.8, 4) is 0 Å². The second-order valence-electron chi connectivity index (χ2n) is 5.98. The van der Waals surface area contributed by atoms with Crippen molar-refractivity contribution in [3.63, 3.8) is 0 Å².